The first kappa shape index (κ1) is 26.6. The molecule has 0 fully saturated rings. The van der Waals surface area contributed by atoms with Crippen molar-refractivity contribution in [3.8, 4) is 28.7 Å². The van der Waals surface area contributed by atoms with E-state index in [1.165, 1.54) is 78.8 Å². The minimum Gasteiger partial charge on any atom is -0.494 e. The predicted molar refractivity (Wildman–Crippen MR) is 159 cm³/mol. The van der Waals surface area contributed by atoms with E-state index in [0.29, 0.717) is 0 Å². The summed E-state index contributed by atoms with van der Waals surface area (Å²) in [4.78, 5) is 0. The van der Waals surface area contributed by atoms with Crippen LogP contribution in [0.15, 0.2) is 84.9 Å². The highest BCUT2D eigenvalue weighted by Gasteiger charge is 2.01. The molecule has 0 saturated heterocycles. The van der Waals surface area contributed by atoms with Gasteiger partial charge in [-0.2, -0.15) is 0 Å². The first-order valence-corrected chi connectivity index (χ1v) is 14.1. The van der Waals surface area contributed by atoms with Gasteiger partial charge in [-0.1, -0.05) is 113 Å². The molecule has 0 aliphatic carbocycles. The molecule has 0 aliphatic heterocycles. The summed E-state index contributed by atoms with van der Waals surface area (Å²) >= 11 is 0. The molecule has 0 radical (unpaired) electrons. The van der Waals surface area contributed by atoms with E-state index >= 15 is 0 Å². The fourth-order valence-corrected chi connectivity index (χ4v) is 4.62. The molecule has 0 atom stereocenters. The first-order chi connectivity index (χ1) is 18.2. The Hall–Kier alpha value is -3.50. The molecule has 0 amide bonds. The van der Waals surface area contributed by atoms with Crippen LogP contribution in [0, 0.1) is 11.8 Å². The Morgan fingerprint density at radius 2 is 1.14 bits per heavy atom. The summed E-state index contributed by atoms with van der Waals surface area (Å²) in [6.07, 6.45) is 11.4. The van der Waals surface area contributed by atoms with Gasteiger partial charge in [0.1, 0.15) is 5.75 Å². The number of ether oxygens (including phenoxy) is 1. The van der Waals surface area contributed by atoms with Gasteiger partial charge in [0.25, 0.3) is 0 Å². The van der Waals surface area contributed by atoms with Gasteiger partial charge in [0, 0.05) is 11.1 Å². The summed E-state index contributed by atoms with van der Waals surface area (Å²) < 4.78 is 5.90. The first-order valence-electron chi connectivity index (χ1n) is 14.1. The molecule has 0 bridgehead atoms. The van der Waals surface area contributed by atoms with E-state index < -0.39 is 0 Å². The largest absolute Gasteiger partial charge is 0.494 e. The van der Waals surface area contributed by atoms with Crippen molar-refractivity contribution in [3.05, 3.63) is 102 Å². The summed E-state index contributed by atoms with van der Waals surface area (Å²) in [5, 5.41) is 2.37. The summed E-state index contributed by atoms with van der Waals surface area (Å²) in [6.45, 7) is 5.26. The van der Waals surface area contributed by atoms with Crippen LogP contribution in [0.25, 0.3) is 21.9 Å². The number of benzene rings is 4. The normalized spacial score (nSPS) is 10.8. The predicted octanol–water partition coefficient (Wildman–Crippen LogP) is 9.99. The highest BCUT2D eigenvalue weighted by atomic mass is 16.5. The zero-order valence-corrected chi connectivity index (χ0v) is 22.6. The fraction of sp³-hybridized carbons (Fsp3) is 0.333. The van der Waals surface area contributed by atoms with Crippen LogP contribution in [0.5, 0.6) is 5.75 Å². The minimum absolute atomic E-state index is 0.784. The molecule has 4 aromatic carbocycles. The van der Waals surface area contributed by atoms with E-state index in [4.69, 9.17) is 4.74 Å². The van der Waals surface area contributed by atoms with Gasteiger partial charge in [-0.25, -0.2) is 0 Å². The van der Waals surface area contributed by atoms with Crippen LogP contribution in [0.1, 0.15) is 81.9 Å². The van der Waals surface area contributed by atoms with Crippen molar-refractivity contribution in [2.24, 2.45) is 0 Å². The van der Waals surface area contributed by atoms with Gasteiger partial charge in [0.2, 0.25) is 0 Å². The second-order valence-electron chi connectivity index (χ2n) is 9.97. The Morgan fingerprint density at radius 3 is 1.89 bits per heavy atom. The summed E-state index contributed by atoms with van der Waals surface area (Å²) in [5.74, 6) is 7.61. The van der Waals surface area contributed by atoms with E-state index in [-0.39, 0.29) is 0 Å². The molecule has 0 N–H and O–H groups in total. The lowest BCUT2D eigenvalue weighted by molar-refractivity contribution is 0.306. The van der Waals surface area contributed by atoms with Crippen LogP contribution in [-0.2, 0) is 6.42 Å². The van der Waals surface area contributed by atoms with Crippen LogP contribution >= 0.6 is 0 Å². The quantitative estimate of drug-likeness (QED) is 0.142. The van der Waals surface area contributed by atoms with Crippen LogP contribution in [0.4, 0.5) is 0 Å². The van der Waals surface area contributed by atoms with Crippen molar-refractivity contribution < 1.29 is 4.74 Å². The van der Waals surface area contributed by atoms with Crippen LogP contribution < -0.4 is 4.74 Å². The molecule has 37 heavy (non-hydrogen) atoms. The monoisotopic (exact) mass is 488 g/mol. The summed E-state index contributed by atoms with van der Waals surface area (Å²) in [5.41, 5.74) is 5.99. The van der Waals surface area contributed by atoms with E-state index in [1.807, 2.05) is 0 Å². The molecule has 4 aromatic rings. The fourth-order valence-electron chi connectivity index (χ4n) is 4.62. The number of unbranched alkanes of at least 4 members (excludes halogenated alkanes) is 6. The van der Waals surface area contributed by atoms with Gasteiger partial charge in [0.05, 0.1) is 6.61 Å². The number of hydrogen-bond donors (Lipinski definition) is 0. The van der Waals surface area contributed by atoms with Gasteiger partial charge < -0.3 is 4.74 Å². The average Bonchev–Trinajstić information content (AvgIpc) is 2.95. The lowest BCUT2D eigenvalue weighted by atomic mass is 10.00. The zero-order chi connectivity index (χ0) is 25.7. The van der Waals surface area contributed by atoms with Gasteiger partial charge in [-0.3, -0.25) is 0 Å². The Balaban J connectivity index is 1.34. The maximum absolute atomic E-state index is 5.90. The number of rotatable bonds is 12. The van der Waals surface area contributed by atoms with Crippen molar-refractivity contribution in [2.75, 3.05) is 6.61 Å². The summed E-state index contributed by atoms with van der Waals surface area (Å²) in [6, 6.07) is 30.3. The van der Waals surface area contributed by atoms with Gasteiger partial charge in [0.15, 0.2) is 0 Å². The Bertz CT molecular complexity index is 1300. The van der Waals surface area contributed by atoms with Crippen molar-refractivity contribution in [2.45, 2.75) is 71.6 Å². The molecule has 4 rings (SSSR count). The molecule has 1 heteroatoms. The lowest BCUT2D eigenvalue weighted by Gasteiger charge is -2.07. The second kappa shape index (κ2) is 14.3. The smallest absolute Gasteiger partial charge is 0.119 e. The minimum atomic E-state index is 0.784. The average molecular weight is 489 g/mol. The molecule has 190 valence electrons. The standard InChI is InChI=1S/C36H40O/c1-3-5-7-8-9-11-29-14-19-32(20-15-29)33-21-16-30(17-22-33)12-13-31-18-23-35-28-36(25-24-34(35)27-31)37-26-10-6-4-2/h14-25,27-28H,3-11,26H2,1-2H3. The second-order valence-corrected chi connectivity index (χ2v) is 9.97. The van der Waals surface area contributed by atoms with Crippen molar-refractivity contribution in [3.63, 3.8) is 0 Å². The molecule has 0 saturated carbocycles. The van der Waals surface area contributed by atoms with Crippen molar-refractivity contribution in [1.29, 1.82) is 0 Å². The van der Waals surface area contributed by atoms with E-state index in [1.54, 1.807) is 0 Å². The van der Waals surface area contributed by atoms with E-state index in [0.717, 1.165) is 29.9 Å². The maximum Gasteiger partial charge on any atom is 0.119 e. The SMILES string of the molecule is CCCCCCCc1ccc(-c2ccc(C#Cc3ccc4cc(OCCCCC)ccc4c3)cc2)cc1. The topological polar surface area (TPSA) is 9.23 Å². The molecular formula is C36H40O. The molecule has 1 nitrogen and oxygen atoms in total. The van der Waals surface area contributed by atoms with Gasteiger partial charge in [-0.15, -0.1) is 0 Å². The number of fused-ring (bicyclic) bond motifs is 1. The van der Waals surface area contributed by atoms with E-state index in [2.05, 4.69) is 111 Å². The molecule has 0 heterocycles. The molecule has 0 spiro atoms. The van der Waals surface area contributed by atoms with Crippen LogP contribution in [0.3, 0.4) is 0 Å². The number of aryl methyl sites for hydroxylation is 1. The van der Waals surface area contributed by atoms with Gasteiger partial charge in [-0.05, 0) is 83.1 Å². The Kier molecular flexibility index (Phi) is 10.3. The van der Waals surface area contributed by atoms with Gasteiger partial charge >= 0.3 is 0 Å². The zero-order valence-electron chi connectivity index (χ0n) is 22.6. The third kappa shape index (κ3) is 8.26. The third-order valence-electron chi connectivity index (χ3n) is 6.92. The number of hydrogen-bond acceptors (Lipinski definition) is 1. The Labute approximate surface area is 223 Å². The van der Waals surface area contributed by atoms with Crippen LogP contribution in [0.2, 0.25) is 0 Å². The third-order valence-corrected chi connectivity index (χ3v) is 6.92. The van der Waals surface area contributed by atoms with Crippen LogP contribution in [-0.4, -0.2) is 6.61 Å². The molecule has 0 aliphatic rings. The van der Waals surface area contributed by atoms with E-state index in [9.17, 15) is 0 Å². The molecule has 0 unspecified atom stereocenters. The maximum atomic E-state index is 5.90. The molecular weight excluding hydrogens is 448 g/mol. The highest BCUT2D eigenvalue weighted by molar-refractivity contribution is 5.85. The molecule has 0 aromatic heterocycles. The lowest BCUT2D eigenvalue weighted by Crippen LogP contribution is -1.96. The Morgan fingerprint density at radius 1 is 0.541 bits per heavy atom. The highest BCUT2D eigenvalue weighted by Crippen LogP contribution is 2.23. The summed E-state index contributed by atoms with van der Waals surface area (Å²) in [7, 11) is 0. The van der Waals surface area contributed by atoms with Crippen molar-refractivity contribution in [1.82, 2.24) is 0 Å². The van der Waals surface area contributed by atoms with Crippen molar-refractivity contribution >= 4 is 10.8 Å².